The van der Waals surface area contributed by atoms with E-state index in [0.29, 0.717) is 16.4 Å². The van der Waals surface area contributed by atoms with E-state index in [0.717, 1.165) is 6.54 Å². The van der Waals surface area contributed by atoms with Gasteiger partial charge in [0.05, 0.1) is 0 Å². The van der Waals surface area contributed by atoms with Crippen LogP contribution in [-0.2, 0) is 0 Å². The molecule has 0 aliphatic heterocycles. The molecule has 0 spiro atoms. The second-order valence-electron chi connectivity index (χ2n) is 4.24. The molecule has 0 aromatic carbocycles. The van der Waals surface area contributed by atoms with E-state index < -0.39 is 0 Å². The van der Waals surface area contributed by atoms with E-state index in [-0.39, 0.29) is 5.95 Å². The van der Waals surface area contributed by atoms with E-state index >= 15 is 0 Å². The number of hydrogen-bond acceptors (Lipinski definition) is 7. The summed E-state index contributed by atoms with van der Waals surface area (Å²) in [4.78, 5) is 8.06. The van der Waals surface area contributed by atoms with Crippen molar-refractivity contribution in [3.8, 4) is 0 Å². The van der Waals surface area contributed by atoms with E-state index in [1.165, 1.54) is 19.3 Å². The molecule has 1 saturated carbocycles. The number of anilines is 3. The maximum absolute atomic E-state index is 5.59. The lowest BCUT2D eigenvalue weighted by Crippen LogP contribution is -2.40. The minimum absolute atomic E-state index is 0.217. The molecule has 94 valence electrons. The molecule has 7 heteroatoms. The Bertz CT molecular complexity index is 387. The molecule has 1 fully saturated rings. The van der Waals surface area contributed by atoms with Crippen LogP contribution in [0.1, 0.15) is 19.3 Å². The number of aromatic nitrogens is 2. The molecule has 0 unspecified atom stereocenters. The van der Waals surface area contributed by atoms with Gasteiger partial charge in [-0.05, 0) is 19.1 Å². The number of rotatable bonds is 5. The zero-order chi connectivity index (χ0) is 12.3. The zero-order valence-electron chi connectivity index (χ0n) is 9.86. The summed E-state index contributed by atoms with van der Waals surface area (Å²) in [5.41, 5.74) is 8.06. The molecule has 17 heavy (non-hydrogen) atoms. The lowest BCUT2D eigenvalue weighted by Gasteiger charge is -2.40. The van der Waals surface area contributed by atoms with E-state index in [1.54, 1.807) is 6.07 Å². The summed E-state index contributed by atoms with van der Waals surface area (Å²) in [6, 6.07) is 1.75. The predicted octanol–water partition coefficient (Wildman–Crippen LogP) is 1.04. The highest BCUT2D eigenvalue weighted by molar-refractivity contribution is 8.00. The third-order valence-electron chi connectivity index (χ3n) is 3.18. The topological polar surface area (TPSA) is 102 Å². The number of nitrogens with one attached hydrogen (secondary N) is 2. The first-order valence-corrected chi connectivity index (χ1v) is 6.80. The van der Waals surface area contributed by atoms with Gasteiger partial charge in [0.2, 0.25) is 5.95 Å². The fraction of sp³-hybridized carbons (Fsp3) is 0.600. The fourth-order valence-corrected chi connectivity index (χ4v) is 2.82. The molecule has 0 radical (unpaired) electrons. The number of nitrogens with zero attached hydrogens (tertiary/aromatic N) is 2. The van der Waals surface area contributed by atoms with Crippen molar-refractivity contribution < 1.29 is 0 Å². The van der Waals surface area contributed by atoms with E-state index in [4.69, 9.17) is 11.6 Å². The molecular formula is C10H18N6S. The summed E-state index contributed by atoms with van der Waals surface area (Å²) in [6.45, 7) is 0.897. The second-order valence-corrected chi connectivity index (χ2v) is 5.51. The molecule has 0 saturated heterocycles. The molecule has 2 rings (SSSR count). The average molecular weight is 254 g/mol. The lowest BCUT2D eigenvalue weighted by atomic mass is 9.84. The Hall–Kier alpha value is -1.21. The first kappa shape index (κ1) is 12.3. The van der Waals surface area contributed by atoms with Gasteiger partial charge in [0.25, 0.3) is 0 Å². The Morgan fingerprint density at radius 2 is 2.12 bits per heavy atom. The number of nitrogens with two attached hydrogens (primary N) is 2. The Morgan fingerprint density at radius 3 is 2.65 bits per heavy atom. The fourth-order valence-electron chi connectivity index (χ4n) is 1.91. The van der Waals surface area contributed by atoms with E-state index in [2.05, 4.69) is 27.0 Å². The van der Waals surface area contributed by atoms with Crippen molar-refractivity contribution in [1.82, 2.24) is 9.97 Å². The summed E-state index contributed by atoms with van der Waals surface area (Å²) in [5, 5.41) is 3.31. The minimum Gasteiger partial charge on any atom is -0.368 e. The monoisotopic (exact) mass is 254 g/mol. The van der Waals surface area contributed by atoms with Gasteiger partial charge >= 0.3 is 0 Å². The molecule has 1 aromatic rings. The predicted molar refractivity (Wildman–Crippen MR) is 72.8 cm³/mol. The van der Waals surface area contributed by atoms with Crippen molar-refractivity contribution in [3.63, 3.8) is 0 Å². The normalized spacial score (nSPS) is 17.3. The van der Waals surface area contributed by atoms with Crippen molar-refractivity contribution in [3.05, 3.63) is 6.07 Å². The molecule has 6 nitrogen and oxygen atoms in total. The highest BCUT2D eigenvalue weighted by atomic mass is 32.2. The summed E-state index contributed by atoms with van der Waals surface area (Å²) in [7, 11) is 0. The number of hydrazine groups is 1. The quantitative estimate of drug-likeness (QED) is 0.460. The van der Waals surface area contributed by atoms with Gasteiger partial charge in [-0.3, -0.25) is 0 Å². The second kappa shape index (κ2) is 4.97. The molecule has 0 amide bonds. The van der Waals surface area contributed by atoms with Crippen molar-refractivity contribution in [2.24, 2.45) is 5.84 Å². The smallest absolute Gasteiger partial charge is 0.223 e. The Morgan fingerprint density at radius 1 is 1.41 bits per heavy atom. The SMILES string of the molecule is CSC1(CNc2cc(NN)nc(N)n2)CCC1. The Balaban J connectivity index is 2.01. The number of hydrogen-bond donors (Lipinski definition) is 4. The lowest BCUT2D eigenvalue weighted by molar-refractivity contribution is 0.379. The van der Waals surface area contributed by atoms with E-state index in [1.807, 2.05) is 11.8 Å². The van der Waals surface area contributed by atoms with Gasteiger partial charge in [0, 0.05) is 17.4 Å². The molecule has 1 aliphatic rings. The third kappa shape index (κ3) is 2.73. The van der Waals surface area contributed by atoms with E-state index in [9.17, 15) is 0 Å². The van der Waals surface area contributed by atoms with Gasteiger partial charge < -0.3 is 16.5 Å². The molecule has 1 aliphatic carbocycles. The first-order chi connectivity index (χ1) is 8.17. The summed E-state index contributed by atoms with van der Waals surface area (Å²) in [6.07, 6.45) is 5.97. The Labute approximate surface area is 105 Å². The third-order valence-corrected chi connectivity index (χ3v) is 4.60. The van der Waals surface area contributed by atoms with Crippen LogP contribution in [0, 0.1) is 0 Å². The van der Waals surface area contributed by atoms with Crippen LogP contribution >= 0.6 is 11.8 Å². The molecular weight excluding hydrogens is 236 g/mol. The Kier molecular flexibility index (Phi) is 3.58. The van der Waals surface area contributed by atoms with Gasteiger partial charge in [0.15, 0.2) is 0 Å². The molecule has 1 aromatic heterocycles. The van der Waals surface area contributed by atoms with Crippen molar-refractivity contribution in [2.45, 2.75) is 24.0 Å². The highest BCUT2D eigenvalue weighted by Gasteiger charge is 2.35. The molecule has 0 atom stereocenters. The first-order valence-electron chi connectivity index (χ1n) is 5.58. The highest BCUT2D eigenvalue weighted by Crippen LogP contribution is 2.42. The van der Waals surface area contributed by atoms with Gasteiger partial charge in [-0.1, -0.05) is 6.42 Å². The van der Waals surface area contributed by atoms with Crippen molar-refractivity contribution in [2.75, 3.05) is 29.3 Å². The largest absolute Gasteiger partial charge is 0.368 e. The van der Waals surface area contributed by atoms with Crippen LogP contribution in [0.4, 0.5) is 17.6 Å². The van der Waals surface area contributed by atoms with Crippen LogP contribution in [0.5, 0.6) is 0 Å². The van der Waals surface area contributed by atoms with Crippen molar-refractivity contribution >= 4 is 29.3 Å². The van der Waals surface area contributed by atoms with Gasteiger partial charge in [-0.2, -0.15) is 21.7 Å². The summed E-state index contributed by atoms with van der Waals surface area (Å²) < 4.78 is 0.357. The standard InChI is InChI=1S/C10H18N6S/c1-17-10(3-2-4-10)6-13-7-5-8(16-12)15-9(11)14-7/h5H,2-4,6,12H2,1H3,(H4,11,13,14,15,16). The van der Waals surface area contributed by atoms with Crippen LogP contribution in [-0.4, -0.2) is 27.5 Å². The van der Waals surface area contributed by atoms with Crippen LogP contribution in [0.3, 0.4) is 0 Å². The van der Waals surface area contributed by atoms with Crippen LogP contribution in [0.2, 0.25) is 0 Å². The summed E-state index contributed by atoms with van der Waals surface area (Å²) in [5.74, 6) is 6.76. The molecule has 6 N–H and O–H groups in total. The van der Waals surface area contributed by atoms with Crippen molar-refractivity contribution in [1.29, 1.82) is 0 Å². The van der Waals surface area contributed by atoms with Crippen LogP contribution < -0.4 is 22.3 Å². The maximum Gasteiger partial charge on any atom is 0.223 e. The van der Waals surface area contributed by atoms with Gasteiger partial charge in [-0.25, -0.2) is 5.84 Å². The van der Waals surface area contributed by atoms with Crippen LogP contribution in [0.15, 0.2) is 6.07 Å². The minimum atomic E-state index is 0.217. The molecule has 1 heterocycles. The maximum atomic E-state index is 5.59. The zero-order valence-corrected chi connectivity index (χ0v) is 10.7. The summed E-state index contributed by atoms with van der Waals surface area (Å²) >= 11 is 1.91. The number of nitrogen functional groups attached to an aromatic ring is 2. The average Bonchev–Trinajstić information content (AvgIpc) is 2.27. The van der Waals surface area contributed by atoms with Crippen LogP contribution in [0.25, 0.3) is 0 Å². The van der Waals surface area contributed by atoms with Gasteiger partial charge in [-0.15, -0.1) is 0 Å². The molecule has 0 bridgehead atoms. The van der Waals surface area contributed by atoms with Gasteiger partial charge in [0.1, 0.15) is 11.6 Å². The number of thioether (sulfide) groups is 1.